The van der Waals surface area contributed by atoms with Crippen LogP contribution in [0.25, 0.3) is 22.6 Å². The van der Waals surface area contributed by atoms with Crippen molar-refractivity contribution in [1.29, 1.82) is 0 Å². The third-order valence-corrected chi connectivity index (χ3v) is 7.24. The maximum Gasteiger partial charge on any atom is 0.283 e. The predicted molar refractivity (Wildman–Crippen MR) is 134 cm³/mol. The van der Waals surface area contributed by atoms with E-state index in [1.165, 1.54) is 11.1 Å². The highest BCUT2D eigenvalue weighted by molar-refractivity contribution is 5.87. The van der Waals surface area contributed by atoms with Crippen molar-refractivity contribution in [1.82, 2.24) is 15.1 Å². The minimum absolute atomic E-state index is 0.206. The van der Waals surface area contributed by atoms with E-state index in [0.29, 0.717) is 47.8 Å². The maximum absolute atomic E-state index is 10.7. The van der Waals surface area contributed by atoms with Gasteiger partial charge in [-0.05, 0) is 55.1 Å². The van der Waals surface area contributed by atoms with Gasteiger partial charge >= 0.3 is 0 Å². The normalized spacial score (nSPS) is 19.6. The molecule has 0 radical (unpaired) electrons. The minimum atomic E-state index is -0.588. The molecule has 2 aliphatic rings. The number of aliphatic hydroxyl groups is 1. The Morgan fingerprint density at radius 3 is 2.78 bits per heavy atom. The van der Waals surface area contributed by atoms with Crippen LogP contribution in [0.2, 0.25) is 0 Å². The number of benzene rings is 2. The molecule has 2 aliphatic heterocycles. The number of furan rings is 1. The smallest absolute Gasteiger partial charge is 0.283 e. The molecule has 4 aromatic rings. The molecule has 2 aromatic carbocycles. The first-order chi connectivity index (χ1) is 17.7. The summed E-state index contributed by atoms with van der Waals surface area (Å²) in [6, 6.07) is 16.0. The van der Waals surface area contributed by atoms with Crippen molar-refractivity contribution in [2.75, 3.05) is 26.2 Å². The van der Waals surface area contributed by atoms with Crippen LogP contribution in [-0.2, 0) is 17.8 Å². The van der Waals surface area contributed by atoms with Crippen LogP contribution < -0.4 is 4.74 Å². The molecular formula is C28H31N3O5. The van der Waals surface area contributed by atoms with E-state index in [9.17, 15) is 5.11 Å². The quantitative estimate of drug-likeness (QED) is 0.378. The summed E-state index contributed by atoms with van der Waals surface area (Å²) in [5.74, 6) is 2.61. The third-order valence-electron chi connectivity index (χ3n) is 7.24. The number of aliphatic hydroxyl groups excluding tert-OH is 1. The fraction of sp³-hybridized carbons (Fsp3) is 0.429. The van der Waals surface area contributed by atoms with Gasteiger partial charge in [0, 0.05) is 19.0 Å². The van der Waals surface area contributed by atoms with Crippen LogP contribution >= 0.6 is 0 Å². The highest BCUT2D eigenvalue weighted by Crippen LogP contribution is 2.40. The highest BCUT2D eigenvalue weighted by atomic mass is 16.5. The Morgan fingerprint density at radius 2 is 1.94 bits per heavy atom. The Morgan fingerprint density at radius 1 is 1.08 bits per heavy atom. The Hall–Kier alpha value is -3.20. The zero-order valence-corrected chi connectivity index (χ0v) is 20.4. The fourth-order valence-corrected chi connectivity index (χ4v) is 5.34. The minimum Gasteiger partial charge on any atom is -0.490 e. The van der Waals surface area contributed by atoms with E-state index in [0.717, 1.165) is 37.9 Å². The molecule has 8 heteroatoms. The zero-order valence-electron chi connectivity index (χ0n) is 20.4. The number of rotatable bonds is 8. The topological polar surface area (TPSA) is 94.0 Å². The summed E-state index contributed by atoms with van der Waals surface area (Å²) in [7, 11) is 0. The fourth-order valence-electron chi connectivity index (χ4n) is 5.34. The van der Waals surface area contributed by atoms with Crippen molar-refractivity contribution in [3.63, 3.8) is 0 Å². The molecular weight excluding hydrogens is 458 g/mol. The maximum atomic E-state index is 10.7. The van der Waals surface area contributed by atoms with Gasteiger partial charge in [-0.3, -0.25) is 0 Å². The van der Waals surface area contributed by atoms with E-state index < -0.39 is 6.10 Å². The van der Waals surface area contributed by atoms with Crippen LogP contribution in [0.4, 0.5) is 0 Å². The molecule has 2 atom stereocenters. The van der Waals surface area contributed by atoms with Crippen LogP contribution in [-0.4, -0.2) is 52.5 Å². The van der Waals surface area contributed by atoms with Gasteiger partial charge in [-0.2, -0.15) is 0 Å². The summed E-state index contributed by atoms with van der Waals surface area (Å²) < 4.78 is 23.7. The first kappa shape index (κ1) is 23.2. The lowest BCUT2D eigenvalue weighted by Gasteiger charge is -2.35. The predicted octanol–water partition coefficient (Wildman–Crippen LogP) is 4.77. The molecule has 188 valence electrons. The number of hydrogen-bond donors (Lipinski definition) is 1. The molecule has 36 heavy (non-hydrogen) atoms. The van der Waals surface area contributed by atoms with Crippen molar-refractivity contribution in [2.24, 2.45) is 5.92 Å². The highest BCUT2D eigenvalue weighted by Gasteiger charge is 2.33. The van der Waals surface area contributed by atoms with E-state index in [2.05, 4.69) is 39.4 Å². The zero-order chi connectivity index (χ0) is 24.5. The second kappa shape index (κ2) is 10.0. The summed E-state index contributed by atoms with van der Waals surface area (Å²) in [6.45, 7) is 5.38. The molecule has 0 amide bonds. The first-order valence-corrected chi connectivity index (χ1v) is 12.8. The lowest BCUT2D eigenvalue weighted by Crippen LogP contribution is -2.41. The number of nitrogens with zero attached hydrogens (tertiary/aromatic N) is 3. The van der Waals surface area contributed by atoms with E-state index in [1.807, 2.05) is 31.2 Å². The Labute approximate surface area is 209 Å². The largest absolute Gasteiger partial charge is 0.490 e. The number of hydrogen-bond acceptors (Lipinski definition) is 8. The molecule has 1 N–H and O–H groups in total. The average molecular weight is 490 g/mol. The van der Waals surface area contributed by atoms with Gasteiger partial charge in [0.25, 0.3) is 5.89 Å². The molecule has 8 nitrogen and oxygen atoms in total. The van der Waals surface area contributed by atoms with Crippen LogP contribution in [0.5, 0.6) is 5.75 Å². The van der Waals surface area contributed by atoms with Gasteiger partial charge in [0.05, 0.1) is 18.1 Å². The van der Waals surface area contributed by atoms with E-state index >= 15 is 0 Å². The molecule has 0 saturated carbocycles. The van der Waals surface area contributed by atoms with Gasteiger partial charge in [-0.1, -0.05) is 37.3 Å². The number of likely N-dealkylation sites (tertiary alicyclic amines) is 1. The summed E-state index contributed by atoms with van der Waals surface area (Å²) in [5, 5.41) is 19.6. The molecule has 2 aromatic heterocycles. The van der Waals surface area contributed by atoms with Crippen molar-refractivity contribution in [2.45, 2.75) is 45.0 Å². The lowest BCUT2D eigenvalue weighted by molar-refractivity contribution is -0.00900. The van der Waals surface area contributed by atoms with Crippen molar-refractivity contribution in [3.05, 3.63) is 65.5 Å². The number of β-amino-alcohol motifs (C(OH)–C–C–N with tert-alkyl or cyclic N) is 1. The summed E-state index contributed by atoms with van der Waals surface area (Å²) in [6.07, 6.45) is 2.42. The van der Waals surface area contributed by atoms with Crippen molar-refractivity contribution in [3.8, 4) is 17.4 Å². The molecule has 6 rings (SSSR count). The number of fused-ring (bicyclic) bond motifs is 2. The van der Waals surface area contributed by atoms with E-state index in [4.69, 9.17) is 18.3 Å². The third kappa shape index (κ3) is 4.64. The van der Waals surface area contributed by atoms with Gasteiger partial charge in [-0.25, -0.2) is 0 Å². The van der Waals surface area contributed by atoms with Gasteiger partial charge in [-0.15, -0.1) is 10.2 Å². The second-order valence-electron chi connectivity index (χ2n) is 9.67. The Kier molecular flexibility index (Phi) is 6.48. The van der Waals surface area contributed by atoms with Crippen LogP contribution in [0, 0.1) is 5.92 Å². The van der Waals surface area contributed by atoms with Crippen LogP contribution in [0.1, 0.15) is 42.9 Å². The van der Waals surface area contributed by atoms with Gasteiger partial charge < -0.3 is 28.3 Å². The lowest BCUT2D eigenvalue weighted by atomic mass is 9.87. The Balaban J connectivity index is 1.03. The van der Waals surface area contributed by atoms with Crippen molar-refractivity contribution >= 4 is 11.0 Å². The molecule has 1 unspecified atom stereocenters. The molecule has 4 heterocycles. The first-order valence-electron chi connectivity index (χ1n) is 12.8. The molecule has 1 fully saturated rings. The Bertz CT molecular complexity index is 1320. The molecule has 0 aliphatic carbocycles. The second-order valence-corrected chi connectivity index (χ2v) is 9.67. The van der Waals surface area contributed by atoms with Gasteiger partial charge in [0.15, 0.2) is 5.76 Å². The standard InChI is InChI=1S/C28H31N3O5/c1-2-26-29-30-28(36-26)25-14-22-23(8-5-9-24(22)35-25)33-17-20(32)15-31-12-10-18(11-13-31)27-21-7-4-3-6-19(21)16-34-27/h3-9,14,18,20,27,32H,2,10-13,15-17H2,1H3/t20-,27?/m0/s1. The number of piperidine rings is 1. The summed E-state index contributed by atoms with van der Waals surface area (Å²) in [4.78, 5) is 2.32. The molecule has 0 bridgehead atoms. The van der Waals surface area contributed by atoms with Gasteiger partial charge in [0.1, 0.15) is 24.0 Å². The summed E-state index contributed by atoms with van der Waals surface area (Å²) >= 11 is 0. The number of aromatic nitrogens is 2. The van der Waals surface area contributed by atoms with E-state index in [-0.39, 0.29) is 12.7 Å². The summed E-state index contributed by atoms with van der Waals surface area (Å²) in [5.41, 5.74) is 3.34. The molecule has 0 spiro atoms. The number of ether oxygens (including phenoxy) is 2. The van der Waals surface area contributed by atoms with Crippen molar-refractivity contribution < 1.29 is 23.4 Å². The van der Waals surface area contributed by atoms with E-state index in [1.54, 1.807) is 0 Å². The average Bonchev–Trinajstić information content (AvgIpc) is 3.66. The van der Waals surface area contributed by atoms with Crippen LogP contribution in [0.3, 0.4) is 0 Å². The van der Waals surface area contributed by atoms with Gasteiger partial charge in [0.2, 0.25) is 5.89 Å². The monoisotopic (exact) mass is 489 g/mol. The number of aryl methyl sites for hydroxylation is 1. The molecule has 1 saturated heterocycles. The SMILES string of the molecule is CCc1nnc(-c2cc3c(OC[C@@H](O)CN4CCC(C5OCc6ccccc65)CC4)cccc3o2)o1. The van der Waals surface area contributed by atoms with Crippen LogP contribution in [0.15, 0.2) is 57.4 Å².